The molecular weight excluding hydrogens is 317 g/mol. The molecule has 0 bridgehead atoms. The molecule has 0 saturated heterocycles. The number of nitrogens with one attached hydrogen (secondary N) is 2. The van der Waals surface area contributed by atoms with E-state index in [1.165, 1.54) is 30.4 Å². The molecule has 0 fully saturated rings. The third kappa shape index (κ3) is 5.14. The second-order valence-electron chi connectivity index (χ2n) is 5.06. The summed E-state index contributed by atoms with van der Waals surface area (Å²) in [5, 5.41) is 6.17. The van der Waals surface area contributed by atoms with Crippen LogP contribution in [-0.2, 0) is 11.2 Å². The van der Waals surface area contributed by atoms with E-state index in [-0.39, 0.29) is 17.6 Å². The van der Waals surface area contributed by atoms with Crippen molar-refractivity contribution >= 4 is 23.2 Å². The predicted molar refractivity (Wildman–Crippen MR) is 87.1 cm³/mol. The molecule has 2 aromatic rings. The summed E-state index contributed by atoms with van der Waals surface area (Å²) in [6.07, 6.45) is 0.560. The van der Waals surface area contributed by atoms with Gasteiger partial charge in [0.05, 0.1) is 10.7 Å². The molecule has 23 heavy (non-hydrogen) atoms. The highest BCUT2D eigenvalue weighted by Gasteiger charge is 2.15. The van der Waals surface area contributed by atoms with Gasteiger partial charge in [-0.05, 0) is 24.6 Å². The van der Waals surface area contributed by atoms with E-state index in [4.69, 9.17) is 0 Å². The monoisotopic (exact) mass is 335 g/mol. The summed E-state index contributed by atoms with van der Waals surface area (Å²) in [6, 6.07) is 6.23. The normalized spacial score (nSPS) is 10.4. The Morgan fingerprint density at radius 3 is 2.48 bits per heavy atom. The van der Waals surface area contributed by atoms with E-state index in [1.807, 2.05) is 0 Å². The molecule has 1 heterocycles. The zero-order valence-electron chi connectivity index (χ0n) is 13.0. The van der Waals surface area contributed by atoms with Crippen LogP contribution in [0.3, 0.4) is 0 Å². The standard InChI is InChI=1S/C16H18FN3O2S/c1-10-15(16(22)19-8-7-18-11(2)21)23-14(20-10)9-12-3-5-13(17)6-4-12/h3-6H,7-9H2,1-2H3,(H,18,21)(H,19,22). The van der Waals surface area contributed by atoms with Gasteiger partial charge in [0.2, 0.25) is 5.91 Å². The number of carbonyl (C=O) groups excluding carboxylic acids is 2. The molecule has 0 atom stereocenters. The zero-order valence-corrected chi connectivity index (χ0v) is 13.8. The summed E-state index contributed by atoms with van der Waals surface area (Å²) in [7, 11) is 0. The maximum absolute atomic E-state index is 12.9. The predicted octanol–water partition coefficient (Wildman–Crippen LogP) is 2.05. The minimum atomic E-state index is -0.275. The van der Waals surface area contributed by atoms with E-state index in [9.17, 15) is 14.0 Å². The fourth-order valence-electron chi connectivity index (χ4n) is 2.01. The lowest BCUT2D eigenvalue weighted by Crippen LogP contribution is -2.33. The topological polar surface area (TPSA) is 71.1 Å². The van der Waals surface area contributed by atoms with Crippen molar-refractivity contribution in [1.29, 1.82) is 0 Å². The second kappa shape index (κ2) is 7.82. The lowest BCUT2D eigenvalue weighted by atomic mass is 10.1. The number of aromatic nitrogens is 1. The summed E-state index contributed by atoms with van der Waals surface area (Å²) in [5.74, 6) is -0.603. The van der Waals surface area contributed by atoms with Crippen LogP contribution >= 0.6 is 11.3 Å². The Morgan fingerprint density at radius 1 is 1.17 bits per heavy atom. The molecule has 0 aliphatic heterocycles. The summed E-state index contributed by atoms with van der Waals surface area (Å²) < 4.78 is 12.9. The zero-order chi connectivity index (χ0) is 16.8. The van der Waals surface area contributed by atoms with Gasteiger partial charge < -0.3 is 10.6 Å². The third-order valence-electron chi connectivity index (χ3n) is 3.10. The van der Waals surface area contributed by atoms with Crippen LogP contribution in [0.2, 0.25) is 0 Å². The van der Waals surface area contributed by atoms with Gasteiger partial charge in [0.1, 0.15) is 10.7 Å². The lowest BCUT2D eigenvalue weighted by Gasteiger charge is -2.04. The van der Waals surface area contributed by atoms with Gasteiger partial charge in [0.15, 0.2) is 0 Å². The van der Waals surface area contributed by atoms with E-state index in [2.05, 4.69) is 15.6 Å². The Hall–Kier alpha value is -2.28. The highest BCUT2D eigenvalue weighted by Crippen LogP contribution is 2.21. The van der Waals surface area contributed by atoms with Crippen molar-refractivity contribution in [2.24, 2.45) is 0 Å². The summed E-state index contributed by atoms with van der Waals surface area (Å²) in [6.45, 7) is 3.97. The number of hydrogen-bond donors (Lipinski definition) is 2. The van der Waals surface area contributed by atoms with Crippen LogP contribution in [0.25, 0.3) is 0 Å². The lowest BCUT2D eigenvalue weighted by molar-refractivity contribution is -0.118. The van der Waals surface area contributed by atoms with E-state index in [0.29, 0.717) is 30.1 Å². The summed E-state index contributed by atoms with van der Waals surface area (Å²) in [4.78, 5) is 27.8. The number of thiazole rings is 1. The number of hydrogen-bond acceptors (Lipinski definition) is 4. The molecule has 0 aliphatic carbocycles. The number of amides is 2. The van der Waals surface area contributed by atoms with Crippen molar-refractivity contribution in [3.8, 4) is 0 Å². The fraction of sp³-hybridized carbons (Fsp3) is 0.312. The van der Waals surface area contributed by atoms with E-state index in [0.717, 1.165) is 10.6 Å². The minimum Gasteiger partial charge on any atom is -0.355 e. The van der Waals surface area contributed by atoms with Gasteiger partial charge >= 0.3 is 0 Å². The van der Waals surface area contributed by atoms with Crippen LogP contribution in [0.4, 0.5) is 4.39 Å². The van der Waals surface area contributed by atoms with Gasteiger partial charge in [-0.25, -0.2) is 9.37 Å². The van der Waals surface area contributed by atoms with Crippen molar-refractivity contribution < 1.29 is 14.0 Å². The summed E-state index contributed by atoms with van der Waals surface area (Å²) >= 11 is 1.33. The molecule has 0 saturated carbocycles. The SMILES string of the molecule is CC(=O)NCCNC(=O)c1sc(Cc2ccc(F)cc2)nc1C. The first-order valence-corrected chi connectivity index (χ1v) is 8.00. The Labute approximate surface area is 137 Å². The molecule has 2 rings (SSSR count). The van der Waals surface area contributed by atoms with Crippen LogP contribution in [0.15, 0.2) is 24.3 Å². The molecule has 0 spiro atoms. The highest BCUT2D eigenvalue weighted by molar-refractivity contribution is 7.13. The Kier molecular flexibility index (Phi) is 5.81. The molecule has 0 radical (unpaired) electrons. The number of halogens is 1. The van der Waals surface area contributed by atoms with Gasteiger partial charge in [-0.3, -0.25) is 9.59 Å². The van der Waals surface area contributed by atoms with Crippen LogP contribution in [0.1, 0.15) is 32.9 Å². The largest absolute Gasteiger partial charge is 0.355 e. The Balaban J connectivity index is 1.95. The molecule has 0 aliphatic rings. The number of carbonyl (C=O) groups is 2. The molecule has 122 valence electrons. The van der Waals surface area contributed by atoms with Gasteiger partial charge in [-0.1, -0.05) is 12.1 Å². The third-order valence-corrected chi connectivity index (χ3v) is 4.26. The van der Waals surface area contributed by atoms with Gasteiger partial charge in [-0.15, -0.1) is 11.3 Å². The van der Waals surface area contributed by atoms with Gasteiger partial charge in [-0.2, -0.15) is 0 Å². The first kappa shape index (κ1) is 17.1. The number of nitrogens with zero attached hydrogens (tertiary/aromatic N) is 1. The first-order chi connectivity index (χ1) is 11.0. The smallest absolute Gasteiger partial charge is 0.263 e. The van der Waals surface area contributed by atoms with Crippen molar-refractivity contribution in [1.82, 2.24) is 15.6 Å². The molecule has 1 aromatic heterocycles. The first-order valence-electron chi connectivity index (χ1n) is 7.19. The van der Waals surface area contributed by atoms with Crippen molar-refractivity contribution in [2.75, 3.05) is 13.1 Å². The molecule has 2 N–H and O–H groups in total. The average molecular weight is 335 g/mol. The molecular formula is C16H18FN3O2S. The highest BCUT2D eigenvalue weighted by atomic mass is 32.1. The molecule has 2 amide bonds. The van der Waals surface area contributed by atoms with Gasteiger partial charge in [0, 0.05) is 26.4 Å². The van der Waals surface area contributed by atoms with E-state index < -0.39 is 0 Å². The van der Waals surface area contributed by atoms with E-state index in [1.54, 1.807) is 19.1 Å². The molecule has 5 nitrogen and oxygen atoms in total. The van der Waals surface area contributed by atoms with Crippen molar-refractivity contribution in [2.45, 2.75) is 20.3 Å². The minimum absolute atomic E-state index is 0.130. The van der Waals surface area contributed by atoms with Crippen molar-refractivity contribution in [3.05, 3.63) is 51.2 Å². The van der Waals surface area contributed by atoms with Crippen LogP contribution in [-0.4, -0.2) is 29.9 Å². The number of benzene rings is 1. The van der Waals surface area contributed by atoms with Crippen molar-refractivity contribution in [3.63, 3.8) is 0 Å². The average Bonchev–Trinajstić information content (AvgIpc) is 2.86. The maximum Gasteiger partial charge on any atom is 0.263 e. The maximum atomic E-state index is 12.9. The number of rotatable bonds is 6. The quantitative estimate of drug-likeness (QED) is 0.794. The fourth-order valence-corrected chi connectivity index (χ4v) is 3.03. The molecule has 7 heteroatoms. The Bertz CT molecular complexity index is 698. The summed E-state index contributed by atoms with van der Waals surface area (Å²) in [5.41, 5.74) is 1.61. The Morgan fingerprint density at radius 2 is 1.83 bits per heavy atom. The second-order valence-corrected chi connectivity index (χ2v) is 6.15. The van der Waals surface area contributed by atoms with E-state index >= 15 is 0 Å². The number of aryl methyl sites for hydroxylation is 1. The van der Waals surface area contributed by atoms with Crippen LogP contribution < -0.4 is 10.6 Å². The van der Waals surface area contributed by atoms with Gasteiger partial charge in [0.25, 0.3) is 5.91 Å². The molecule has 1 aromatic carbocycles. The molecule has 0 unspecified atom stereocenters. The van der Waals surface area contributed by atoms with Crippen LogP contribution in [0, 0.1) is 12.7 Å². The van der Waals surface area contributed by atoms with Crippen LogP contribution in [0.5, 0.6) is 0 Å².